The summed E-state index contributed by atoms with van der Waals surface area (Å²) in [6.07, 6.45) is 5.66. The van der Waals surface area contributed by atoms with Gasteiger partial charge in [0.25, 0.3) is 0 Å². The lowest BCUT2D eigenvalue weighted by Crippen LogP contribution is -2.24. The molecule has 0 aliphatic carbocycles. The number of aromatic nitrogens is 5. The summed E-state index contributed by atoms with van der Waals surface area (Å²) in [5.41, 5.74) is 16.1. The van der Waals surface area contributed by atoms with Crippen LogP contribution >= 0.6 is 0 Å². The van der Waals surface area contributed by atoms with Gasteiger partial charge >= 0.3 is 5.69 Å². The molecule has 0 saturated carbocycles. The van der Waals surface area contributed by atoms with E-state index in [4.69, 9.17) is 11.5 Å². The number of benzene rings is 1. The third-order valence-corrected chi connectivity index (χ3v) is 5.00. The summed E-state index contributed by atoms with van der Waals surface area (Å²) in [6.45, 7) is 3.85. The fourth-order valence-corrected chi connectivity index (χ4v) is 3.63. The van der Waals surface area contributed by atoms with Crippen molar-refractivity contribution in [1.29, 1.82) is 0 Å². The number of nitrogens with two attached hydrogens (primary N) is 2. The number of halogens is 1. The van der Waals surface area contributed by atoms with Gasteiger partial charge in [-0.25, -0.2) is 23.3 Å². The molecule has 168 valence electrons. The summed E-state index contributed by atoms with van der Waals surface area (Å²) in [6, 6.07) is 12.3. The summed E-state index contributed by atoms with van der Waals surface area (Å²) in [5.74, 6) is -0.442. The lowest BCUT2D eigenvalue weighted by Gasteiger charge is -2.13. The minimum Gasteiger partial charge on any atom is -0.402 e. The third kappa shape index (κ3) is 4.38. The summed E-state index contributed by atoms with van der Waals surface area (Å²) in [5, 5.41) is 4.59. The topological polar surface area (TPSA) is 117 Å². The maximum atomic E-state index is 13.3. The Bertz CT molecular complexity index is 1410. The highest BCUT2D eigenvalue weighted by atomic mass is 19.1. The number of anilines is 1. The lowest BCUT2D eigenvalue weighted by atomic mass is 9.98. The molecule has 33 heavy (non-hydrogen) atoms. The number of fused-ring (bicyclic) bond motifs is 1. The quantitative estimate of drug-likeness (QED) is 0.440. The molecule has 9 heteroatoms. The summed E-state index contributed by atoms with van der Waals surface area (Å²) >= 11 is 0. The molecule has 0 radical (unpaired) electrons. The van der Waals surface area contributed by atoms with Crippen LogP contribution in [-0.2, 0) is 6.54 Å². The largest absolute Gasteiger partial charge is 0.402 e. The molecule has 0 bridgehead atoms. The first-order chi connectivity index (χ1) is 15.9. The van der Waals surface area contributed by atoms with Gasteiger partial charge in [-0.15, -0.1) is 5.10 Å². The van der Waals surface area contributed by atoms with Crippen LogP contribution in [0.15, 0.2) is 71.3 Å². The number of pyridine rings is 1. The zero-order valence-electron chi connectivity index (χ0n) is 18.4. The van der Waals surface area contributed by atoms with Crippen molar-refractivity contribution in [3.05, 3.63) is 94.1 Å². The van der Waals surface area contributed by atoms with Crippen LogP contribution in [0, 0.1) is 5.82 Å². The predicted octanol–water partition coefficient (Wildman–Crippen LogP) is 3.38. The minimum atomic E-state index is -0.466. The van der Waals surface area contributed by atoms with E-state index in [-0.39, 0.29) is 12.5 Å². The second-order valence-corrected chi connectivity index (χ2v) is 7.58. The highest BCUT2D eigenvalue weighted by molar-refractivity contribution is 5.91. The number of rotatable bonds is 6. The zero-order valence-corrected chi connectivity index (χ0v) is 18.4. The zero-order chi connectivity index (χ0) is 23.5. The van der Waals surface area contributed by atoms with Crippen LogP contribution in [0.1, 0.15) is 31.5 Å². The van der Waals surface area contributed by atoms with Crippen LogP contribution in [0.3, 0.4) is 0 Å². The molecular formula is C24H24FN7O. The lowest BCUT2D eigenvalue weighted by molar-refractivity contribution is 0.609. The fourth-order valence-electron chi connectivity index (χ4n) is 3.63. The van der Waals surface area contributed by atoms with Gasteiger partial charge in [0.05, 0.1) is 29.7 Å². The van der Waals surface area contributed by atoms with E-state index in [0.29, 0.717) is 28.3 Å². The summed E-state index contributed by atoms with van der Waals surface area (Å²) in [7, 11) is 0. The standard InChI is InChI=1S/C24H24FN7O/c1-3-7-17(12-15(2)26)20-21(16-8-5-4-6-9-16)29-23(27)32-22(20)30-31(24(32)33)14-19-11-10-18(25)13-28-19/h4-13H,3,14,26H2,1-2H3,(H2,27,29)/b15-12-,17-7+. The molecule has 3 aromatic heterocycles. The van der Waals surface area contributed by atoms with Crippen molar-refractivity contribution in [2.24, 2.45) is 5.73 Å². The molecule has 0 amide bonds. The molecule has 0 unspecified atom stereocenters. The van der Waals surface area contributed by atoms with Gasteiger partial charge in [-0.3, -0.25) is 4.98 Å². The fraction of sp³-hybridized carbons (Fsp3) is 0.167. The average molecular weight is 446 g/mol. The predicted molar refractivity (Wildman–Crippen MR) is 127 cm³/mol. The van der Waals surface area contributed by atoms with Crippen molar-refractivity contribution in [3.8, 4) is 11.3 Å². The van der Waals surface area contributed by atoms with Crippen LogP contribution in [0.5, 0.6) is 0 Å². The number of hydrogen-bond donors (Lipinski definition) is 2. The monoisotopic (exact) mass is 445 g/mol. The molecule has 0 aliphatic rings. The second kappa shape index (κ2) is 9.07. The Hall–Kier alpha value is -4.27. The van der Waals surface area contributed by atoms with E-state index < -0.39 is 11.5 Å². The Morgan fingerprint density at radius 3 is 2.58 bits per heavy atom. The smallest absolute Gasteiger partial charge is 0.353 e. The Kier molecular flexibility index (Phi) is 6.03. The normalized spacial score (nSPS) is 12.5. The van der Waals surface area contributed by atoms with Gasteiger partial charge in [0, 0.05) is 11.3 Å². The van der Waals surface area contributed by atoms with E-state index in [0.717, 1.165) is 23.8 Å². The minimum absolute atomic E-state index is 0.0141. The first-order valence-corrected chi connectivity index (χ1v) is 10.5. The number of hydrogen-bond acceptors (Lipinski definition) is 6. The SMILES string of the molecule is CC/C=C(\C=C(\C)N)c1c(-c2ccccc2)nc(N)n2c(=O)n(Cc3ccc(F)cn3)nc12. The molecule has 0 saturated heterocycles. The first-order valence-electron chi connectivity index (χ1n) is 10.5. The molecule has 3 heterocycles. The number of nitrogens with zero attached hydrogens (tertiary/aromatic N) is 5. The van der Waals surface area contributed by atoms with Gasteiger partial charge in [-0.05, 0) is 37.1 Å². The van der Waals surface area contributed by atoms with Crippen LogP contribution < -0.4 is 17.2 Å². The highest BCUT2D eigenvalue weighted by Gasteiger charge is 2.22. The summed E-state index contributed by atoms with van der Waals surface area (Å²) < 4.78 is 15.8. The Morgan fingerprint density at radius 2 is 1.94 bits per heavy atom. The van der Waals surface area contributed by atoms with Gasteiger partial charge in [0.15, 0.2) is 5.65 Å². The molecule has 4 aromatic rings. The van der Waals surface area contributed by atoms with Crippen LogP contribution in [0.25, 0.3) is 22.5 Å². The van der Waals surface area contributed by atoms with Gasteiger partial charge in [0.2, 0.25) is 5.95 Å². The molecule has 1 aromatic carbocycles. The van der Waals surface area contributed by atoms with Crippen molar-refractivity contribution in [1.82, 2.24) is 24.1 Å². The van der Waals surface area contributed by atoms with Gasteiger partial charge in [-0.2, -0.15) is 0 Å². The molecule has 0 atom stereocenters. The van der Waals surface area contributed by atoms with Crippen molar-refractivity contribution in [2.75, 3.05) is 5.73 Å². The molecular weight excluding hydrogens is 421 g/mol. The van der Waals surface area contributed by atoms with Gasteiger partial charge in [0.1, 0.15) is 5.82 Å². The third-order valence-electron chi connectivity index (χ3n) is 5.00. The highest BCUT2D eigenvalue weighted by Crippen LogP contribution is 2.32. The first kappa shape index (κ1) is 21.9. The molecule has 8 nitrogen and oxygen atoms in total. The second-order valence-electron chi connectivity index (χ2n) is 7.58. The molecule has 4 rings (SSSR count). The van der Waals surface area contributed by atoms with Gasteiger partial charge in [-0.1, -0.05) is 43.3 Å². The van der Waals surface area contributed by atoms with Crippen molar-refractivity contribution >= 4 is 17.2 Å². The maximum Gasteiger partial charge on any atom is 0.353 e. The molecule has 0 aliphatic heterocycles. The Balaban J connectivity index is 2.03. The molecule has 4 N–H and O–H groups in total. The number of nitrogen functional groups attached to an aromatic ring is 1. The van der Waals surface area contributed by atoms with E-state index in [2.05, 4.69) is 15.1 Å². The van der Waals surface area contributed by atoms with Crippen molar-refractivity contribution in [3.63, 3.8) is 0 Å². The summed E-state index contributed by atoms with van der Waals surface area (Å²) in [4.78, 5) is 21.8. The van der Waals surface area contributed by atoms with E-state index in [1.807, 2.05) is 49.4 Å². The van der Waals surface area contributed by atoms with E-state index >= 15 is 0 Å². The molecule has 0 spiro atoms. The van der Waals surface area contributed by atoms with E-state index in [9.17, 15) is 9.18 Å². The van der Waals surface area contributed by atoms with Crippen LogP contribution in [-0.4, -0.2) is 24.1 Å². The molecule has 0 fully saturated rings. The van der Waals surface area contributed by atoms with Crippen LogP contribution in [0.2, 0.25) is 0 Å². The average Bonchev–Trinajstić information content (AvgIpc) is 3.11. The van der Waals surface area contributed by atoms with Crippen molar-refractivity contribution in [2.45, 2.75) is 26.8 Å². The van der Waals surface area contributed by atoms with E-state index in [1.54, 1.807) is 6.92 Å². The number of allylic oxidation sites excluding steroid dienone is 4. The van der Waals surface area contributed by atoms with Gasteiger partial charge < -0.3 is 11.5 Å². The maximum absolute atomic E-state index is 13.3. The van der Waals surface area contributed by atoms with E-state index in [1.165, 1.54) is 21.2 Å². The van der Waals surface area contributed by atoms with Crippen molar-refractivity contribution < 1.29 is 4.39 Å². The van der Waals surface area contributed by atoms with Crippen LogP contribution in [0.4, 0.5) is 10.3 Å². The Morgan fingerprint density at radius 1 is 1.18 bits per heavy atom. The Labute approximate surface area is 189 Å².